The van der Waals surface area contributed by atoms with Crippen LogP contribution < -0.4 is 5.32 Å². The Morgan fingerprint density at radius 2 is 2.22 bits per heavy atom. The highest BCUT2D eigenvalue weighted by Crippen LogP contribution is 2.20. The molecule has 0 aliphatic heterocycles. The van der Waals surface area contributed by atoms with Gasteiger partial charge in [-0.15, -0.1) is 11.3 Å². The Morgan fingerprint density at radius 1 is 1.39 bits per heavy atom. The molecule has 2 aromatic rings. The Balaban J connectivity index is 2.03. The van der Waals surface area contributed by atoms with E-state index in [4.69, 9.17) is 5.11 Å². The molecule has 0 saturated carbocycles. The maximum atomic E-state index is 11.7. The van der Waals surface area contributed by atoms with Crippen molar-refractivity contribution in [2.75, 3.05) is 5.32 Å². The molecule has 2 heterocycles. The summed E-state index contributed by atoms with van der Waals surface area (Å²) >= 11 is 2.42. The van der Waals surface area contributed by atoms with E-state index in [0.717, 1.165) is 6.08 Å². The van der Waals surface area contributed by atoms with Crippen LogP contribution in [0.4, 0.5) is 5.13 Å². The molecule has 0 fully saturated rings. The number of hydrogen-bond acceptors (Lipinski definition) is 6. The lowest BCUT2D eigenvalue weighted by Gasteiger charge is -1.96. The SMILES string of the molecule is O=C(O)/C=C/c1cnc(NC(=O)c2cncs2)s1. The van der Waals surface area contributed by atoms with E-state index in [1.165, 1.54) is 41.1 Å². The van der Waals surface area contributed by atoms with Gasteiger partial charge in [0.1, 0.15) is 4.88 Å². The number of nitrogens with one attached hydrogen (secondary N) is 1. The van der Waals surface area contributed by atoms with Crippen molar-refractivity contribution in [1.29, 1.82) is 0 Å². The average molecular weight is 281 g/mol. The van der Waals surface area contributed by atoms with Crippen LogP contribution in [0.25, 0.3) is 6.08 Å². The molecule has 0 bridgehead atoms. The van der Waals surface area contributed by atoms with Crippen LogP contribution >= 0.6 is 22.7 Å². The average Bonchev–Trinajstić information content (AvgIpc) is 2.97. The van der Waals surface area contributed by atoms with E-state index in [0.29, 0.717) is 14.9 Å². The van der Waals surface area contributed by atoms with Crippen molar-refractivity contribution in [1.82, 2.24) is 9.97 Å². The van der Waals surface area contributed by atoms with Crippen molar-refractivity contribution in [3.63, 3.8) is 0 Å². The van der Waals surface area contributed by atoms with Crippen molar-refractivity contribution in [2.24, 2.45) is 0 Å². The number of rotatable bonds is 4. The van der Waals surface area contributed by atoms with Crippen LogP contribution in [0.3, 0.4) is 0 Å². The number of thiazole rings is 2. The molecule has 0 aromatic carbocycles. The zero-order valence-electron chi connectivity index (χ0n) is 8.86. The van der Waals surface area contributed by atoms with E-state index < -0.39 is 5.97 Å². The fourth-order valence-electron chi connectivity index (χ4n) is 1.06. The summed E-state index contributed by atoms with van der Waals surface area (Å²) in [4.78, 5) is 30.9. The molecule has 0 atom stereocenters. The molecule has 18 heavy (non-hydrogen) atoms. The maximum Gasteiger partial charge on any atom is 0.328 e. The Labute approximate surface area is 110 Å². The Hall–Kier alpha value is -2.06. The van der Waals surface area contributed by atoms with Gasteiger partial charge < -0.3 is 5.11 Å². The van der Waals surface area contributed by atoms with Gasteiger partial charge in [-0.3, -0.25) is 15.1 Å². The molecule has 92 valence electrons. The van der Waals surface area contributed by atoms with Crippen LogP contribution in [0.2, 0.25) is 0 Å². The minimum Gasteiger partial charge on any atom is -0.478 e. The van der Waals surface area contributed by atoms with Gasteiger partial charge in [0.05, 0.1) is 11.7 Å². The highest BCUT2D eigenvalue weighted by molar-refractivity contribution is 7.16. The number of aliphatic carboxylic acids is 1. The van der Waals surface area contributed by atoms with Gasteiger partial charge in [0, 0.05) is 17.2 Å². The molecule has 2 N–H and O–H groups in total. The number of carboxylic acids is 1. The van der Waals surface area contributed by atoms with E-state index >= 15 is 0 Å². The summed E-state index contributed by atoms with van der Waals surface area (Å²) in [6.45, 7) is 0. The topological polar surface area (TPSA) is 92.2 Å². The lowest BCUT2D eigenvalue weighted by Crippen LogP contribution is -2.09. The Kier molecular flexibility index (Phi) is 3.80. The minimum absolute atomic E-state index is 0.277. The third-order valence-electron chi connectivity index (χ3n) is 1.79. The number of nitrogens with zero attached hydrogens (tertiary/aromatic N) is 2. The number of anilines is 1. The van der Waals surface area contributed by atoms with Crippen LogP contribution in [0.5, 0.6) is 0 Å². The van der Waals surface area contributed by atoms with E-state index in [2.05, 4.69) is 15.3 Å². The first kappa shape index (κ1) is 12.4. The molecule has 6 nitrogen and oxygen atoms in total. The monoisotopic (exact) mass is 281 g/mol. The molecule has 2 aromatic heterocycles. The molecule has 1 amide bonds. The molecule has 0 aliphatic carbocycles. The summed E-state index contributed by atoms with van der Waals surface area (Å²) in [5.41, 5.74) is 1.57. The highest BCUT2D eigenvalue weighted by Gasteiger charge is 2.09. The third kappa shape index (κ3) is 3.22. The van der Waals surface area contributed by atoms with Gasteiger partial charge in [-0.25, -0.2) is 9.78 Å². The second-order valence-electron chi connectivity index (χ2n) is 3.06. The number of hydrogen-bond donors (Lipinski definition) is 2. The normalized spacial score (nSPS) is 10.7. The van der Waals surface area contributed by atoms with Crippen molar-refractivity contribution >= 4 is 45.8 Å². The van der Waals surface area contributed by atoms with Gasteiger partial charge >= 0.3 is 5.97 Å². The van der Waals surface area contributed by atoms with E-state index in [9.17, 15) is 9.59 Å². The van der Waals surface area contributed by atoms with Crippen molar-refractivity contribution < 1.29 is 14.7 Å². The summed E-state index contributed by atoms with van der Waals surface area (Å²) in [6.07, 6.45) is 5.40. The largest absolute Gasteiger partial charge is 0.478 e. The van der Waals surface area contributed by atoms with Crippen molar-refractivity contribution in [2.45, 2.75) is 0 Å². The summed E-state index contributed by atoms with van der Waals surface area (Å²) < 4.78 is 0. The van der Waals surface area contributed by atoms with Crippen molar-refractivity contribution in [3.05, 3.63) is 33.7 Å². The summed E-state index contributed by atoms with van der Waals surface area (Å²) in [6, 6.07) is 0. The minimum atomic E-state index is -1.03. The molecule has 8 heteroatoms. The number of carboxylic acid groups (broad SMARTS) is 1. The molecule has 2 rings (SSSR count). The van der Waals surface area contributed by atoms with Gasteiger partial charge in [-0.2, -0.15) is 0 Å². The zero-order chi connectivity index (χ0) is 13.0. The van der Waals surface area contributed by atoms with E-state index in [1.54, 1.807) is 5.51 Å². The number of carbonyl (C=O) groups excluding carboxylic acids is 1. The molecule has 0 aliphatic rings. The second-order valence-corrected chi connectivity index (χ2v) is 5.01. The second kappa shape index (κ2) is 5.52. The van der Waals surface area contributed by atoms with Crippen molar-refractivity contribution in [3.8, 4) is 0 Å². The summed E-state index contributed by atoms with van der Waals surface area (Å²) in [5, 5.41) is 11.5. The van der Waals surface area contributed by atoms with Gasteiger partial charge in [-0.05, 0) is 6.08 Å². The fraction of sp³-hybridized carbons (Fsp3) is 0. The smallest absolute Gasteiger partial charge is 0.328 e. The molecule has 0 saturated heterocycles. The van der Waals surface area contributed by atoms with Crippen LogP contribution in [0.15, 0.2) is 24.0 Å². The van der Waals surface area contributed by atoms with Crippen LogP contribution in [-0.4, -0.2) is 27.0 Å². The van der Waals surface area contributed by atoms with Crippen LogP contribution in [-0.2, 0) is 4.79 Å². The molecular weight excluding hydrogens is 274 g/mol. The van der Waals surface area contributed by atoms with E-state index in [1.807, 2.05) is 0 Å². The molecule has 0 radical (unpaired) electrons. The number of aromatic nitrogens is 2. The van der Waals surface area contributed by atoms with Crippen LogP contribution in [0.1, 0.15) is 14.5 Å². The predicted molar refractivity (Wildman–Crippen MR) is 68.9 cm³/mol. The zero-order valence-corrected chi connectivity index (χ0v) is 10.5. The maximum absolute atomic E-state index is 11.7. The Bertz CT molecular complexity index is 589. The first-order valence-corrected chi connectivity index (χ1v) is 6.41. The lowest BCUT2D eigenvalue weighted by atomic mass is 10.4. The predicted octanol–water partition coefficient (Wildman–Crippen LogP) is 1.95. The number of carbonyl (C=O) groups is 2. The quantitative estimate of drug-likeness (QED) is 0.836. The fourth-order valence-corrected chi connectivity index (χ4v) is 2.29. The van der Waals surface area contributed by atoms with Gasteiger partial charge in [0.25, 0.3) is 5.91 Å². The van der Waals surface area contributed by atoms with E-state index in [-0.39, 0.29) is 5.91 Å². The lowest BCUT2D eigenvalue weighted by molar-refractivity contribution is -0.131. The molecule has 0 unspecified atom stereocenters. The first-order chi connectivity index (χ1) is 8.65. The van der Waals surface area contributed by atoms with Gasteiger partial charge in [-0.1, -0.05) is 11.3 Å². The van der Waals surface area contributed by atoms with Gasteiger partial charge in [0.2, 0.25) is 0 Å². The van der Waals surface area contributed by atoms with Gasteiger partial charge in [0.15, 0.2) is 5.13 Å². The summed E-state index contributed by atoms with van der Waals surface area (Å²) in [7, 11) is 0. The number of amides is 1. The van der Waals surface area contributed by atoms with Crippen LogP contribution in [0, 0.1) is 0 Å². The summed E-state index contributed by atoms with van der Waals surface area (Å²) in [5.74, 6) is -1.31. The molecular formula is C10H7N3O3S2. The standard InChI is InChI=1S/C10H7N3O3S2/c14-8(15)2-1-6-3-12-10(18-6)13-9(16)7-4-11-5-17-7/h1-5H,(H,14,15)(H,12,13,16)/b2-1+. The first-order valence-electron chi connectivity index (χ1n) is 4.72. The Morgan fingerprint density at radius 3 is 2.89 bits per heavy atom. The third-order valence-corrected chi connectivity index (χ3v) is 3.44. The highest BCUT2D eigenvalue weighted by atomic mass is 32.1. The molecule has 0 spiro atoms.